The lowest BCUT2D eigenvalue weighted by Crippen LogP contribution is -2.38. The summed E-state index contributed by atoms with van der Waals surface area (Å²) in [7, 11) is 0. The fourth-order valence-corrected chi connectivity index (χ4v) is 1.22. The number of likely N-dealkylation sites (N-methyl/N-ethyl adjacent to an activating group) is 1. The zero-order valence-corrected chi connectivity index (χ0v) is 8.10. The largest absolute Gasteiger partial charge is 0.480 e. The topological polar surface area (TPSA) is 62.2 Å². The standard InChI is InChI=1S/C10H14N2O2/c1-2-11-9(10(13)14)7-8-5-3-4-6-12-8/h3-6,9,11H,2,7H2,1H3,(H,13,14). The lowest BCUT2D eigenvalue weighted by atomic mass is 10.1. The molecule has 1 aromatic rings. The molecule has 1 heterocycles. The third-order valence-electron chi connectivity index (χ3n) is 1.89. The number of aliphatic carboxylic acids is 1. The molecule has 0 aliphatic carbocycles. The van der Waals surface area contributed by atoms with E-state index in [9.17, 15) is 4.79 Å². The highest BCUT2D eigenvalue weighted by Gasteiger charge is 2.16. The molecule has 0 bridgehead atoms. The second-order valence-electron chi connectivity index (χ2n) is 2.97. The highest BCUT2D eigenvalue weighted by Crippen LogP contribution is 1.99. The molecule has 0 aliphatic rings. The van der Waals surface area contributed by atoms with Crippen LogP contribution in [0.25, 0.3) is 0 Å². The van der Waals surface area contributed by atoms with Gasteiger partial charge in [-0.2, -0.15) is 0 Å². The van der Waals surface area contributed by atoms with Crippen molar-refractivity contribution in [1.29, 1.82) is 0 Å². The highest BCUT2D eigenvalue weighted by atomic mass is 16.4. The third-order valence-corrected chi connectivity index (χ3v) is 1.89. The van der Waals surface area contributed by atoms with Crippen LogP contribution in [0.15, 0.2) is 24.4 Å². The molecule has 0 spiro atoms. The number of carboxylic acids is 1. The molecule has 0 aromatic carbocycles. The van der Waals surface area contributed by atoms with Crippen LogP contribution in [-0.4, -0.2) is 28.6 Å². The Kier molecular flexibility index (Phi) is 4.07. The minimum Gasteiger partial charge on any atom is -0.480 e. The maximum Gasteiger partial charge on any atom is 0.321 e. The van der Waals surface area contributed by atoms with E-state index in [0.717, 1.165) is 5.69 Å². The number of aromatic nitrogens is 1. The van der Waals surface area contributed by atoms with Crippen LogP contribution in [0.3, 0.4) is 0 Å². The molecule has 0 radical (unpaired) electrons. The van der Waals surface area contributed by atoms with Crippen LogP contribution in [0.5, 0.6) is 0 Å². The maximum absolute atomic E-state index is 10.8. The van der Waals surface area contributed by atoms with Crippen LogP contribution in [-0.2, 0) is 11.2 Å². The summed E-state index contributed by atoms with van der Waals surface area (Å²) in [6, 6.07) is 4.95. The highest BCUT2D eigenvalue weighted by molar-refractivity contribution is 5.73. The van der Waals surface area contributed by atoms with Gasteiger partial charge in [-0.3, -0.25) is 9.78 Å². The van der Waals surface area contributed by atoms with Gasteiger partial charge in [0.2, 0.25) is 0 Å². The Morgan fingerprint density at radius 2 is 2.43 bits per heavy atom. The fourth-order valence-electron chi connectivity index (χ4n) is 1.22. The average molecular weight is 194 g/mol. The molecule has 1 atom stereocenters. The Morgan fingerprint density at radius 1 is 1.64 bits per heavy atom. The number of nitrogens with one attached hydrogen (secondary N) is 1. The van der Waals surface area contributed by atoms with Crippen molar-refractivity contribution in [3.05, 3.63) is 30.1 Å². The molecular formula is C10H14N2O2. The zero-order chi connectivity index (χ0) is 10.4. The quantitative estimate of drug-likeness (QED) is 0.723. The van der Waals surface area contributed by atoms with Crippen molar-refractivity contribution in [2.45, 2.75) is 19.4 Å². The first-order valence-corrected chi connectivity index (χ1v) is 4.60. The number of carbonyl (C=O) groups is 1. The first kappa shape index (κ1) is 10.7. The van der Waals surface area contributed by atoms with Crippen LogP contribution in [0.4, 0.5) is 0 Å². The van der Waals surface area contributed by atoms with E-state index in [-0.39, 0.29) is 0 Å². The van der Waals surface area contributed by atoms with Gasteiger partial charge in [0.05, 0.1) is 0 Å². The molecule has 0 saturated heterocycles. The van der Waals surface area contributed by atoms with Gasteiger partial charge in [0.25, 0.3) is 0 Å². The number of carboxylic acid groups (broad SMARTS) is 1. The maximum atomic E-state index is 10.8. The summed E-state index contributed by atoms with van der Waals surface area (Å²) in [6.07, 6.45) is 2.09. The van der Waals surface area contributed by atoms with Crippen molar-refractivity contribution in [2.24, 2.45) is 0 Å². The summed E-state index contributed by atoms with van der Waals surface area (Å²) in [6.45, 7) is 2.53. The molecular weight excluding hydrogens is 180 g/mol. The Morgan fingerprint density at radius 3 is 2.93 bits per heavy atom. The van der Waals surface area contributed by atoms with Gasteiger partial charge in [-0.05, 0) is 18.7 Å². The van der Waals surface area contributed by atoms with Crippen LogP contribution in [0.2, 0.25) is 0 Å². The van der Waals surface area contributed by atoms with Crippen LogP contribution >= 0.6 is 0 Å². The van der Waals surface area contributed by atoms with Gasteiger partial charge in [0.15, 0.2) is 0 Å². The Hall–Kier alpha value is -1.42. The summed E-state index contributed by atoms with van der Waals surface area (Å²) in [4.78, 5) is 14.9. The number of rotatable bonds is 5. The number of hydrogen-bond acceptors (Lipinski definition) is 3. The molecule has 0 fully saturated rings. The van der Waals surface area contributed by atoms with Crippen molar-refractivity contribution in [3.63, 3.8) is 0 Å². The van der Waals surface area contributed by atoms with Gasteiger partial charge >= 0.3 is 5.97 Å². The second kappa shape index (κ2) is 5.34. The van der Waals surface area contributed by atoms with Crippen LogP contribution < -0.4 is 5.32 Å². The van der Waals surface area contributed by atoms with E-state index in [0.29, 0.717) is 13.0 Å². The summed E-state index contributed by atoms with van der Waals surface area (Å²) in [5.41, 5.74) is 0.792. The van der Waals surface area contributed by atoms with Crippen molar-refractivity contribution >= 4 is 5.97 Å². The summed E-state index contributed by atoms with van der Waals surface area (Å²) < 4.78 is 0. The van der Waals surface area contributed by atoms with Crippen LogP contribution in [0, 0.1) is 0 Å². The zero-order valence-electron chi connectivity index (χ0n) is 8.10. The Balaban J connectivity index is 2.60. The predicted molar refractivity (Wildman–Crippen MR) is 53.0 cm³/mol. The van der Waals surface area contributed by atoms with Crippen molar-refractivity contribution < 1.29 is 9.90 Å². The Labute approximate surface area is 83.0 Å². The molecule has 4 heteroatoms. The van der Waals surface area contributed by atoms with Gasteiger partial charge in [-0.25, -0.2) is 0 Å². The molecule has 1 unspecified atom stereocenters. The molecule has 0 aliphatic heterocycles. The van der Waals surface area contributed by atoms with E-state index in [1.54, 1.807) is 6.20 Å². The number of pyridine rings is 1. The second-order valence-corrected chi connectivity index (χ2v) is 2.97. The van der Waals surface area contributed by atoms with E-state index in [1.807, 2.05) is 25.1 Å². The normalized spacial score (nSPS) is 12.4. The molecule has 0 amide bonds. The molecule has 4 nitrogen and oxygen atoms in total. The SMILES string of the molecule is CCNC(Cc1ccccn1)C(=O)O. The molecule has 76 valence electrons. The lowest BCUT2D eigenvalue weighted by Gasteiger charge is -2.11. The molecule has 0 saturated carbocycles. The van der Waals surface area contributed by atoms with E-state index in [2.05, 4.69) is 10.3 Å². The average Bonchev–Trinajstić information content (AvgIpc) is 2.18. The summed E-state index contributed by atoms with van der Waals surface area (Å²) in [5, 5.41) is 11.8. The van der Waals surface area contributed by atoms with Gasteiger partial charge in [-0.15, -0.1) is 0 Å². The molecule has 14 heavy (non-hydrogen) atoms. The van der Waals surface area contributed by atoms with Crippen molar-refractivity contribution in [3.8, 4) is 0 Å². The first-order chi connectivity index (χ1) is 6.74. The predicted octanol–water partition coefficient (Wildman–Crippen LogP) is 0.687. The van der Waals surface area contributed by atoms with E-state index >= 15 is 0 Å². The molecule has 2 N–H and O–H groups in total. The first-order valence-electron chi connectivity index (χ1n) is 4.60. The Bertz CT molecular complexity index is 287. The van der Waals surface area contributed by atoms with Crippen molar-refractivity contribution in [2.75, 3.05) is 6.54 Å². The van der Waals surface area contributed by atoms with Gasteiger partial charge in [0, 0.05) is 18.3 Å². The monoisotopic (exact) mass is 194 g/mol. The summed E-state index contributed by atoms with van der Waals surface area (Å²) >= 11 is 0. The third kappa shape index (κ3) is 3.14. The number of nitrogens with zero attached hydrogens (tertiary/aromatic N) is 1. The van der Waals surface area contributed by atoms with Crippen LogP contribution in [0.1, 0.15) is 12.6 Å². The van der Waals surface area contributed by atoms with Gasteiger partial charge in [-0.1, -0.05) is 13.0 Å². The van der Waals surface area contributed by atoms with E-state index in [4.69, 9.17) is 5.11 Å². The van der Waals surface area contributed by atoms with E-state index < -0.39 is 12.0 Å². The number of hydrogen-bond donors (Lipinski definition) is 2. The van der Waals surface area contributed by atoms with E-state index in [1.165, 1.54) is 0 Å². The minimum absolute atomic E-state index is 0.421. The van der Waals surface area contributed by atoms with Gasteiger partial charge < -0.3 is 10.4 Å². The molecule has 1 rings (SSSR count). The minimum atomic E-state index is -0.836. The van der Waals surface area contributed by atoms with Crippen molar-refractivity contribution in [1.82, 2.24) is 10.3 Å². The van der Waals surface area contributed by atoms with Gasteiger partial charge in [0.1, 0.15) is 6.04 Å². The molecule has 1 aromatic heterocycles. The lowest BCUT2D eigenvalue weighted by molar-refractivity contribution is -0.139. The smallest absolute Gasteiger partial charge is 0.321 e. The summed E-state index contributed by atoms with van der Waals surface area (Å²) in [5.74, 6) is -0.836. The fraction of sp³-hybridized carbons (Fsp3) is 0.400.